The quantitative estimate of drug-likeness (QED) is 0.545. The lowest BCUT2D eigenvalue weighted by molar-refractivity contribution is 0.617. The van der Waals surface area contributed by atoms with E-state index in [9.17, 15) is 0 Å². The summed E-state index contributed by atoms with van der Waals surface area (Å²) in [6.07, 6.45) is 4.15. The zero-order valence-corrected chi connectivity index (χ0v) is 11.5. The Balaban J connectivity index is 2.40. The molecule has 0 aliphatic rings. The zero-order chi connectivity index (χ0) is 12.5. The molecule has 0 heterocycles. The molecular formula is C14H22N2S. The summed E-state index contributed by atoms with van der Waals surface area (Å²) in [4.78, 5) is 1.26. The van der Waals surface area contributed by atoms with E-state index in [-0.39, 0.29) is 0 Å². The van der Waals surface area contributed by atoms with Gasteiger partial charge in [0.1, 0.15) is 0 Å². The number of rotatable bonds is 8. The molecule has 0 fully saturated rings. The van der Waals surface area contributed by atoms with Crippen molar-refractivity contribution in [1.82, 2.24) is 10.0 Å². The highest BCUT2D eigenvalue weighted by atomic mass is 32.2. The summed E-state index contributed by atoms with van der Waals surface area (Å²) in [5, 5.41) is 3.13. The minimum Gasteiger partial charge on any atom is -0.391 e. The molecule has 0 saturated carbocycles. The fraction of sp³-hybridized carbons (Fsp3) is 0.429. The van der Waals surface area contributed by atoms with E-state index in [0.29, 0.717) is 5.92 Å². The van der Waals surface area contributed by atoms with Gasteiger partial charge in [0, 0.05) is 11.4 Å². The third kappa shape index (κ3) is 5.29. The lowest BCUT2D eigenvalue weighted by atomic mass is 9.96. The molecule has 17 heavy (non-hydrogen) atoms. The second-order valence-electron chi connectivity index (χ2n) is 4.08. The van der Waals surface area contributed by atoms with Crippen LogP contribution in [0.2, 0.25) is 0 Å². The lowest BCUT2D eigenvalue weighted by Gasteiger charge is -2.12. The van der Waals surface area contributed by atoms with Gasteiger partial charge in [-0.3, -0.25) is 4.72 Å². The van der Waals surface area contributed by atoms with Crippen molar-refractivity contribution in [3.63, 3.8) is 0 Å². The van der Waals surface area contributed by atoms with Crippen molar-refractivity contribution in [2.24, 2.45) is 0 Å². The topological polar surface area (TPSA) is 24.1 Å². The van der Waals surface area contributed by atoms with Gasteiger partial charge in [-0.15, -0.1) is 0 Å². The molecule has 0 aliphatic carbocycles. The maximum Gasteiger partial charge on any atom is 0.0228 e. The van der Waals surface area contributed by atoms with Gasteiger partial charge in [-0.2, -0.15) is 0 Å². The van der Waals surface area contributed by atoms with Crippen LogP contribution in [0.15, 0.2) is 41.9 Å². The van der Waals surface area contributed by atoms with E-state index in [4.69, 9.17) is 0 Å². The lowest BCUT2D eigenvalue weighted by Crippen LogP contribution is -2.07. The normalized spacial score (nSPS) is 12.1. The Morgan fingerprint density at radius 1 is 1.35 bits per heavy atom. The predicted molar refractivity (Wildman–Crippen MR) is 77.2 cm³/mol. The van der Waals surface area contributed by atoms with Gasteiger partial charge in [0.25, 0.3) is 0 Å². The van der Waals surface area contributed by atoms with Crippen LogP contribution in [0, 0.1) is 0 Å². The fourth-order valence-corrected chi connectivity index (χ4v) is 2.27. The van der Waals surface area contributed by atoms with Crippen LogP contribution in [0.5, 0.6) is 0 Å². The first kappa shape index (κ1) is 14.1. The molecular weight excluding hydrogens is 228 g/mol. The first-order valence-electron chi connectivity index (χ1n) is 6.05. The third-order valence-corrected chi connectivity index (χ3v) is 3.48. The molecule has 1 aromatic carbocycles. The second kappa shape index (κ2) is 8.20. The first-order valence-corrected chi connectivity index (χ1v) is 6.87. The third-order valence-electron chi connectivity index (χ3n) is 2.77. The van der Waals surface area contributed by atoms with E-state index < -0.39 is 0 Å². The van der Waals surface area contributed by atoms with Gasteiger partial charge >= 0.3 is 0 Å². The fourth-order valence-electron chi connectivity index (χ4n) is 1.76. The molecule has 1 unspecified atom stereocenters. The molecule has 1 atom stereocenters. The van der Waals surface area contributed by atoms with Gasteiger partial charge in [0.05, 0.1) is 0 Å². The van der Waals surface area contributed by atoms with Crippen LogP contribution in [0.4, 0.5) is 0 Å². The summed E-state index contributed by atoms with van der Waals surface area (Å²) in [6, 6.07) is 8.81. The Hall–Kier alpha value is -0.930. The predicted octanol–water partition coefficient (Wildman–Crippen LogP) is 3.53. The molecule has 2 N–H and O–H groups in total. The molecule has 0 aliphatic heterocycles. The average molecular weight is 250 g/mol. The van der Waals surface area contributed by atoms with E-state index in [0.717, 1.165) is 6.54 Å². The van der Waals surface area contributed by atoms with Crippen molar-refractivity contribution in [3.05, 3.63) is 42.6 Å². The van der Waals surface area contributed by atoms with Crippen LogP contribution in [-0.2, 0) is 0 Å². The summed E-state index contributed by atoms with van der Waals surface area (Å²) < 4.78 is 3.08. The molecule has 1 rings (SSSR count). The Labute approximate surface area is 109 Å². The first-order chi connectivity index (χ1) is 8.27. The van der Waals surface area contributed by atoms with Crippen LogP contribution in [0.25, 0.3) is 0 Å². The van der Waals surface area contributed by atoms with Crippen LogP contribution >= 0.6 is 11.9 Å². The molecule has 0 radical (unpaired) electrons. The molecule has 0 spiro atoms. The highest BCUT2D eigenvalue weighted by molar-refractivity contribution is 7.97. The summed E-state index contributed by atoms with van der Waals surface area (Å²) in [6.45, 7) is 6.94. The van der Waals surface area contributed by atoms with Gasteiger partial charge < -0.3 is 5.32 Å². The highest BCUT2D eigenvalue weighted by Gasteiger charge is 2.04. The van der Waals surface area contributed by atoms with Gasteiger partial charge in [-0.05, 0) is 61.7 Å². The van der Waals surface area contributed by atoms with E-state index in [1.807, 2.05) is 7.05 Å². The highest BCUT2D eigenvalue weighted by Crippen LogP contribution is 2.23. The van der Waals surface area contributed by atoms with Gasteiger partial charge in [0.2, 0.25) is 0 Å². The monoisotopic (exact) mass is 250 g/mol. The van der Waals surface area contributed by atoms with Crippen LogP contribution in [0.1, 0.15) is 31.2 Å². The van der Waals surface area contributed by atoms with Crippen LogP contribution in [-0.4, -0.2) is 13.6 Å². The van der Waals surface area contributed by atoms with Gasteiger partial charge in [0.15, 0.2) is 0 Å². The smallest absolute Gasteiger partial charge is 0.0228 e. The SMILES string of the molecule is C=CNCCCC(C)c1ccc(SNC)cc1. The second-order valence-corrected chi connectivity index (χ2v) is 5.16. The average Bonchev–Trinajstić information content (AvgIpc) is 2.36. The van der Waals surface area contributed by atoms with Crippen LogP contribution in [0.3, 0.4) is 0 Å². The molecule has 0 saturated heterocycles. The molecule has 2 nitrogen and oxygen atoms in total. The van der Waals surface area contributed by atoms with Crippen molar-refractivity contribution < 1.29 is 0 Å². The maximum absolute atomic E-state index is 3.64. The minimum absolute atomic E-state index is 0.621. The molecule has 0 amide bonds. The Morgan fingerprint density at radius 3 is 2.65 bits per heavy atom. The molecule has 0 aromatic heterocycles. The van der Waals surface area contributed by atoms with Crippen molar-refractivity contribution in [2.75, 3.05) is 13.6 Å². The Bertz CT molecular complexity index is 321. The van der Waals surface area contributed by atoms with Crippen LogP contribution < -0.4 is 10.0 Å². The number of benzene rings is 1. The largest absolute Gasteiger partial charge is 0.391 e. The van der Waals surface area contributed by atoms with E-state index in [2.05, 4.69) is 47.8 Å². The summed E-state index contributed by atoms with van der Waals surface area (Å²) >= 11 is 1.65. The van der Waals surface area contributed by atoms with Crippen molar-refractivity contribution in [1.29, 1.82) is 0 Å². The van der Waals surface area contributed by atoms with Gasteiger partial charge in [-0.1, -0.05) is 25.6 Å². The summed E-state index contributed by atoms with van der Waals surface area (Å²) in [7, 11) is 1.94. The molecule has 3 heteroatoms. The Kier molecular flexibility index (Phi) is 6.82. The van der Waals surface area contributed by atoms with E-state index in [1.165, 1.54) is 23.3 Å². The summed E-state index contributed by atoms with van der Waals surface area (Å²) in [5.41, 5.74) is 1.42. The Morgan fingerprint density at radius 2 is 2.06 bits per heavy atom. The maximum atomic E-state index is 3.64. The minimum atomic E-state index is 0.621. The summed E-state index contributed by atoms with van der Waals surface area (Å²) in [5.74, 6) is 0.621. The van der Waals surface area contributed by atoms with E-state index >= 15 is 0 Å². The van der Waals surface area contributed by atoms with Gasteiger partial charge in [-0.25, -0.2) is 0 Å². The van der Waals surface area contributed by atoms with E-state index in [1.54, 1.807) is 18.1 Å². The number of nitrogens with one attached hydrogen (secondary N) is 2. The molecule has 94 valence electrons. The standard InChI is InChI=1S/C14H22N2S/c1-4-16-11-5-6-12(2)13-7-9-14(10-8-13)17-15-3/h4,7-10,12,15-16H,1,5-6,11H2,2-3H3. The molecule has 0 bridgehead atoms. The van der Waals surface area contributed by atoms with Crippen molar-refractivity contribution in [3.8, 4) is 0 Å². The zero-order valence-electron chi connectivity index (χ0n) is 10.7. The van der Waals surface area contributed by atoms with Crippen molar-refractivity contribution >= 4 is 11.9 Å². The number of hydrogen-bond acceptors (Lipinski definition) is 3. The number of hydrogen-bond donors (Lipinski definition) is 2. The molecule has 1 aromatic rings. The van der Waals surface area contributed by atoms with Crippen molar-refractivity contribution in [2.45, 2.75) is 30.6 Å².